The van der Waals surface area contributed by atoms with E-state index >= 15 is 0 Å². The van der Waals surface area contributed by atoms with E-state index in [4.69, 9.17) is 25.2 Å². The summed E-state index contributed by atoms with van der Waals surface area (Å²) >= 11 is 0. The number of allylic oxidation sites excluding steroid dienone is 1. The highest BCUT2D eigenvalue weighted by Gasteiger charge is 2.39. The van der Waals surface area contributed by atoms with E-state index in [2.05, 4.69) is 77.0 Å². The molecule has 2 fully saturated rings. The Morgan fingerprint density at radius 1 is 0.783 bits per heavy atom. The lowest BCUT2D eigenvalue weighted by Gasteiger charge is -2.30. The van der Waals surface area contributed by atoms with Crippen molar-refractivity contribution >= 4 is 24.0 Å². The number of imidazole rings is 2. The van der Waals surface area contributed by atoms with Crippen LogP contribution in [0.5, 0.6) is 0 Å². The number of likely N-dealkylation sites (tertiary alicyclic amines) is 2. The average molecular weight is 819 g/mol. The zero-order valence-corrected chi connectivity index (χ0v) is 34.9. The van der Waals surface area contributed by atoms with Crippen LogP contribution in [0.15, 0.2) is 86.2 Å². The van der Waals surface area contributed by atoms with Gasteiger partial charge < -0.3 is 40.3 Å². The second kappa shape index (κ2) is 20.2. The van der Waals surface area contributed by atoms with E-state index in [1.54, 1.807) is 18.3 Å². The number of aromatic amines is 2. The number of hydrogen-bond donors (Lipinski definition) is 4. The van der Waals surface area contributed by atoms with Crippen molar-refractivity contribution in [3.63, 3.8) is 0 Å². The van der Waals surface area contributed by atoms with Crippen molar-refractivity contribution in [2.75, 3.05) is 26.3 Å². The van der Waals surface area contributed by atoms with Crippen LogP contribution in [-0.4, -0.2) is 86.1 Å². The summed E-state index contributed by atoms with van der Waals surface area (Å²) in [6.07, 6.45) is 10.8. The maximum absolute atomic E-state index is 13.9. The standard InChI is InChI=1S/C46H58N8O6/c1-6-8-12-35(30(5)28-60-45(47)57)43(55)53-23-10-13-38(53)41-48-26-36(50-41)33-19-15-31(16-20-33)32-17-21-34(22-18-32)37-27-49-42(51-37)39-14-11-24-54(39)44(56)40(29(3)4)52-46(58)59-25-9-7-2/h6-7,15-22,26-27,29-30,35,38-40H,1-2,8-14,23-25,28H2,3-5H3,(H2,47,57)(H,48,50)(H,49,51)(H,52,58)/t30?,35?,38-,39?,40-/m0/s1. The van der Waals surface area contributed by atoms with Crippen molar-refractivity contribution in [1.29, 1.82) is 0 Å². The molecule has 4 aromatic rings. The van der Waals surface area contributed by atoms with Crippen molar-refractivity contribution in [3.8, 4) is 33.6 Å². The molecular formula is C46H58N8O6. The maximum Gasteiger partial charge on any atom is 0.407 e. The lowest BCUT2D eigenvalue weighted by Crippen LogP contribution is -2.51. The van der Waals surface area contributed by atoms with E-state index in [0.717, 1.165) is 71.0 Å². The van der Waals surface area contributed by atoms with Gasteiger partial charge >= 0.3 is 12.2 Å². The van der Waals surface area contributed by atoms with Crippen molar-refractivity contribution in [2.24, 2.45) is 23.5 Å². The molecule has 0 saturated carbocycles. The first-order valence-electron chi connectivity index (χ1n) is 21.0. The van der Waals surface area contributed by atoms with Gasteiger partial charge in [-0.25, -0.2) is 19.6 Å². The topological polar surface area (TPSA) is 189 Å². The summed E-state index contributed by atoms with van der Waals surface area (Å²) in [5.74, 6) is 0.690. The number of amides is 4. The van der Waals surface area contributed by atoms with Gasteiger partial charge in [0, 0.05) is 24.9 Å². The molecule has 14 heteroatoms. The second-order valence-corrected chi connectivity index (χ2v) is 16.1. The normalized spacial score (nSPS) is 17.9. The number of primary amides is 1. The van der Waals surface area contributed by atoms with Gasteiger partial charge in [0.2, 0.25) is 11.8 Å². The molecule has 2 aromatic heterocycles. The fraction of sp³-hybridized carbons (Fsp3) is 0.435. The molecule has 0 spiro atoms. The Kier molecular flexibility index (Phi) is 14.6. The van der Waals surface area contributed by atoms with Crippen molar-refractivity contribution in [2.45, 2.75) is 83.8 Å². The van der Waals surface area contributed by atoms with Crippen LogP contribution in [-0.2, 0) is 19.1 Å². The number of nitrogens with two attached hydrogens (primary N) is 1. The summed E-state index contributed by atoms with van der Waals surface area (Å²) in [7, 11) is 0. The molecule has 6 rings (SSSR count). The van der Waals surface area contributed by atoms with Crippen LogP contribution in [0.2, 0.25) is 0 Å². The van der Waals surface area contributed by atoms with Crippen molar-refractivity contribution in [1.82, 2.24) is 35.1 Å². The summed E-state index contributed by atoms with van der Waals surface area (Å²) in [4.78, 5) is 71.4. The van der Waals surface area contributed by atoms with E-state index in [9.17, 15) is 19.2 Å². The lowest BCUT2D eigenvalue weighted by molar-refractivity contribution is -0.139. The van der Waals surface area contributed by atoms with Gasteiger partial charge in [-0.05, 0) is 73.1 Å². The minimum atomic E-state index is -0.846. The lowest BCUT2D eigenvalue weighted by atomic mass is 9.88. The fourth-order valence-electron chi connectivity index (χ4n) is 8.21. The van der Waals surface area contributed by atoms with E-state index < -0.39 is 18.2 Å². The number of carbonyl (C=O) groups excluding carboxylic acids is 4. The first-order valence-corrected chi connectivity index (χ1v) is 21.0. The number of hydrogen-bond acceptors (Lipinski definition) is 8. The highest BCUT2D eigenvalue weighted by atomic mass is 16.6. The first-order chi connectivity index (χ1) is 29.0. The molecule has 5 atom stereocenters. The van der Waals surface area contributed by atoms with E-state index in [1.165, 1.54) is 0 Å². The number of H-pyrrole nitrogens is 2. The van der Waals surface area contributed by atoms with Crippen molar-refractivity contribution in [3.05, 3.63) is 97.9 Å². The Bertz CT molecular complexity index is 2110. The van der Waals surface area contributed by atoms with Crippen LogP contribution < -0.4 is 11.1 Å². The molecule has 3 unspecified atom stereocenters. The van der Waals surface area contributed by atoms with Gasteiger partial charge in [-0.15, -0.1) is 13.2 Å². The largest absolute Gasteiger partial charge is 0.449 e. The molecule has 4 heterocycles. The number of nitrogens with zero attached hydrogens (tertiary/aromatic N) is 4. The predicted molar refractivity (Wildman–Crippen MR) is 230 cm³/mol. The van der Waals surface area contributed by atoms with Crippen LogP contribution in [0.1, 0.15) is 89.4 Å². The van der Waals surface area contributed by atoms with Crippen LogP contribution in [0, 0.1) is 17.8 Å². The van der Waals surface area contributed by atoms with Gasteiger partial charge in [-0.1, -0.05) is 81.5 Å². The quantitative estimate of drug-likeness (QED) is 0.0572. The number of ether oxygens (including phenoxy) is 2. The predicted octanol–water partition coefficient (Wildman–Crippen LogP) is 8.10. The molecular weight excluding hydrogens is 761 g/mol. The zero-order chi connectivity index (χ0) is 42.8. The van der Waals surface area contributed by atoms with Crippen LogP contribution in [0.25, 0.3) is 33.6 Å². The third kappa shape index (κ3) is 10.3. The number of benzene rings is 2. The van der Waals surface area contributed by atoms with Crippen LogP contribution in [0.3, 0.4) is 0 Å². The number of nitrogens with one attached hydrogen (secondary N) is 3. The molecule has 0 aliphatic carbocycles. The van der Waals surface area contributed by atoms with Gasteiger partial charge in [-0.2, -0.15) is 0 Å². The van der Waals surface area contributed by atoms with Crippen molar-refractivity contribution < 1.29 is 28.7 Å². The summed E-state index contributed by atoms with van der Waals surface area (Å²) in [6.45, 7) is 14.7. The highest BCUT2D eigenvalue weighted by molar-refractivity contribution is 5.86. The minimum absolute atomic E-state index is 0.0265. The second-order valence-electron chi connectivity index (χ2n) is 16.1. The van der Waals surface area contributed by atoms with Gasteiger partial charge in [-0.3, -0.25) is 9.59 Å². The molecule has 2 aliphatic heterocycles. The molecule has 318 valence electrons. The molecule has 60 heavy (non-hydrogen) atoms. The Hall–Kier alpha value is -6.18. The third-order valence-corrected chi connectivity index (χ3v) is 11.6. The summed E-state index contributed by atoms with van der Waals surface area (Å²) < 4.78 is 10.3. The third-order valence-electron chi connectivity index (χ3n) is 11.6. The molecule has 4 amide bonds. The average Bonchev–Trinajstić information content (AvgIpc) is 4.09. The minimum Gasteiger partial charge on any atom is -0.449 e. The SMILES string of the molecule is C=CCCOC(=O)N[C@H](C(=O)N1CCCC1c1ncc(-c2ccc(-c3ccc(-c4cnc([C@@H]5CCCN5C(=O)C(CCC=C)C(C)COC(N)=O)[nH]4)cc3)cc2)[nH]1)C(C)C. The van der Waals surface area contributed by atoms with Gasteiger partial charge in [0.1, 0.15) is 17.7 Å². The Balaban J connectivity index is 1.08. The monoisotopic (exact) mass is 818 g/mol. The fourth-order valence-corrected chi connectivity index (χ4v) is 8.21. The smallest absolute Gasteiger partial charge is 0.407 e. The van der Waals surface area contributed by atoms with Gasteiger partial charge in [0.05, 0.1) is 49.1 Å². The molecule has 0 radical (unpaired) electrons. The molecule has 2 aliphatic rings. The van der Waals surface area contributed by atoms with Crippen LogP contribution >= 0.6 is 0 Å². The summed E-state index contributed by atoms with van der Waals surface area (Å²) in [5.41, 5.74) is 11.0. The highest BCUT2D eigenvalue weighted by Crippen LogP contribution is 2.36. The molecule has 0 bridgehead atoms. The Morgan fingerprint density at radius 3 is 1.77 bits per heavy atom. The number of rotatable bonds is 18. The van der Waals surface area contributed by atoms with Crippen LogP contribution in [0.4, 0.5) is 9.59 Å². The van der Waals surface area contributed by atoms with E-state index in [-0.39, 0.29) is 54.9 Å². The van der Waals surface area contributed by atoms with Gasteiger partial charge in [0.25, 0.3) is 0 Å². The number of aromatic nitrogens is 4. The van der Waals surface area contributed by atoms with Gasteiger partial charge in [0.15, 0.2) is 0 Å². The number of alkyl carbamates (subject to hydrolysis) is 1. The summed E-state index contributed by atoms with van der Waals surface area (Å²) in [5, 5.41) is 2.77. The zero-order valence-electron chi connectivity index (χ0n) is 34.9. The Morgan fingerprint density at radius 2 is 1.28 bits per heavy atom. The number of carbonyl (C=O) groups is 4. The molecule has 2 saturated heterocycles. The molecule has 5 N–H and O–H groups in total. The van der Waals surface area contributed by atoms with E-state index in [0.29, 0.717) is 32.4 Å². The molecule has 2 aromatic carbocycles. The first kappa shape index (κ1) is 43.4. The maximum atomic E-state index is 13.9. The summed E-state index contributed by atoms with van der Waals surface area (Å²) in [6, 6.07) is 15.4. The Labute approximate surface area is 352 Å². The molecule has 14 nitrogen and oxygen atoms in total. The van der Waals surface area contributed by atoms with E-state index in [1.807, 2.05) is 36.8 Å².